The highest BCUT2D eigenvalue weighted by Gasteiger charge is 2.41. The summed E-state index contributed by atoms with van der Waals surface area (Å²) in [6.45, 7) is 2.97. The first-order valence-electron chi connectivity index (χ1n) is 11.0. The fourth-order valence-corrected chi connectivity index (χ4v) is 4.86. The Bertz CT molecular complexity index is 874. The van der Waals surface area contributed by atoms with Gasteiger partial charge < -0.3 is 9.64 Å². The summed E-state index contributed by atoms with van der Waals surface area (Å²) >= 11 is 0. The van der Waals surface area contributed by atoms with E-state index in [4.69, 9.17) is 4.74 Å². The Morgan fingerprint density at radius 3 is 2.47 bits per heavy atom. The Morgan fingerprint density at radius 1 is 1.00 bits per heavy atom. The molecule has 3 amide bonds. The average molecular weight is 412 g/mol. The number of nitrogens with zero attached hydrogens (tertiary/aromatic N) is 2. The predicted molar refractivity (Wildman–Crippen MR) is 109 cm³/mol. The van der Waals surface area contributed by atoms with E-state index in [0.717, 1.165) is 38.5 Å². The first-order valence-corrected chi connectivity index (χ1v) is 11.0. The second-order valence-electron chi connectivity index (χ2n) is 8.37. The number of carbonyl (C=O) groups is 4. The van der Waals surface area contributed by atoms with Crippen LogP contribution in [0.3, 0.4) is 0 Å². The molecule has 1 atom stereocenters. The molecular weight excluding hydrogens is 384 g/mol. The largest absolute Gasteiger partial charge is 0.466 e. The van der Waals surface area contributed by atoms with Crippen LogP contribution in [0.15, 0.2) is 18.2 Å². The summed E-state index contributed by atoms with van der Waals surface area (Å²) in [7, 11) is 0. The fourth-order valence-electron chi connectivity index (χ4n) is 4.86. The number of benzene rings is 1. The van der Waals surface area contributed by atoms with Gasteiger partial charge in [-0.15, -0.1) is 0 Å². The number of fused-ring (bicyclic) bond motifs is 1. The third-order valence-corrected chi connectivity index (χ3v) is 6.43. The molecule has 2 heterocycles. The summed E-state index contributed by atoms with van der Waals surface area (Å²) in [5.74, 6) is -1.35. The molecular formula is C23H28N2O5. The third-order valence-electron chi connectivity index (χ3n) is 6.43. The van der Waals surface area contributed by atoms with Crippen molar-refractivity contribution in [2.45, 2.75) is 57.9 Å². The molecule has 0 bridgehead atoms. The lowest BCUT2D eigenvalue weighted by molar-refractivity contribution is -0.149. The van der Waals surface area contributed by atoms with Crippen LogP contribution < -0.4 is 0 Å². The Hall–Kier alpha value is -2.70. The first kappa shape index (κ1) is 20.6. The van der Waals surface area contributed by atoms with E-state index in [9.17, 15) is 19.2 Å². The van der Waals surface area contributed by atoms with Gasteiger partial charge >= 0.3 is 5.97 Å². The zero-order valence-corrected chi connectivity index (χ0v) is 17.4. The van der Waals surface area contributed by atoms with Crippen molar-refractivity contribution < 1.29 is 23.9 Å². The Balaban J connectivity index is 1.52. The van der Waals surface area contributed by atoms with E-state index in [1.54, 1.807) is 30.0 Å². The smallest absolute Gasteiger partial charge is 0.310 e. The monoisotopic (exact) mass is 412 g/mol. The number of piperidine rings is 1. The molecule has 0 N–H and O–H groups in total. The minimum atomic E-state index is -0.318. The number of hydrogen-bond acceptors (Lipinski definition) is 5. The van der Waals surface area contributed by atoms with Crippen molar-refractivity contribution in [1.29, 1.82) is 0 Å². The second kappa shape index (κ2) is 8.58. The topological polar surface area (TPSA) is 84.0 Å². The summed E-state index contributed by atoms with van der Waals surface area (Å²) in [6.07, 6.45) is 6.32. The van der Waals surface area contributed by atoms with Crippen LogP contribution in [0.2, 0.25) is 0 Å². The number of imide groups is 1. The highest BCUT2D eigenvalue weighted by atomic mass is 16.5. The minimum absolute atomic E-state index is 0.0438. The van der Waals surface area contributed by atoms with E-state index >= 15 is 0 Å². The zero-order valence-electron chi connectivity index (χ0n) is 17.4. The lowest BCUT2D eigenvalue weighted by Crippen LogP contribution is -2.42. The van der Waals surface area contributed by atoms with Crippen LogP contribution in [0, 0.1) is 5.92 Å². The van der Waals surface area contributed by atoms with Crippen LogP contribution in [0.5, 0.6) is 0 Å². The van der Waals surface area contributed by atoms with Gasteiger partial charge in [-0.05, 0) is 50.8 Å². The Morgan fingerprint density at radius 2 is 1.73 bits per heavy atom. The quantitative estimate of drug-likeness (QED) is 0.561. The van der Waals surface area contributed by atoms with Crippen LogP contribution in [0.25, 0.3) is 0 Å². The molecule has 1 saturated carbocycles. The lowest BCUT2D eigenvalue weighted by atomic mass is 9.94. The van der Waals surface area contributed by atoms with Crippen molar-refractivity contribution in [2.24, 2.45) is 5.92 Å². The van der Waals surface area contributed by atoms with Gasteiger partial charge in [0.1, 0.15) is 0 Å². The summed E-state index contributed by atoms with van der Waals surface area (Å²) in [4.78, 5) is 54.0. The molecule has 1 aromatic carbocycles. The fraction of sp³-hybridized carbons (Fsp3) is 0.565. The van der Waals surface area contributed by atoms with E-state index in [1.807, 2.05) is 0 Å². The minimum Gasteiger partial charge on any atom is -0.466 e. The number of hydrogen-bond donors (Lipinski definition) is 0. The molecule has 0 radical (unpaired) electrons. The predicted octanol–water partition coefficient (Wildman–Crippen LogP) is 3.03. The van der Waals surface area contributed by atoms with E-state index in [-0.39, 0.29) is 35.7 Å². The van der Waals surface area contributed by atoms with Crippen LogP contribution in [-0.4, -0.2) is 59.2 Å². The van der Waals surface area contributed by atoms with Gasteiger partial charge in [0.2, 0.25) is 0 Å². The van der Waals surface area contributed by atoms with Crippen molar-refractivity contribution in [3.05, 3.63) is 34.9 Å². The van der Waals surface area contributed by atoms with Gasteiger partial charge in [-0.1, -0.05) is 19.3 Å². The van der Waals surface area contributed by atoms with Gasteiger partial charge in [-0.2, -0.15) is 0 Å². The number of ether oxygens (including phenoxy) is 1. The zero-order chi connectivity index (χ0) is 21.3. The van der Waals surface area contributed by atoms with Gasteiger partial charge in [0, 0.05) is 24.7 Å². The molecule has 4 rings (SSSR count). The number of likely N-dealkylation sites (tertiary alicyclic amines) is 1. The molecule has 30 heavy (non-hydrogen) atoms. The lowest BCUT2D eigenvalue weighted by Gasteiger charge is -2.31. The molecule has 160 valence electrons. The molecule has 1 aliphatic carbocycles. The van der Waals surface area contributed by atoms with Crippen molar-refractivity contribution in [2.75, 3.05) is 19.7 Å². The molecule has 7 nitrogen and oxygen atoms in total. The first-order chi connectivity index (χ1) is 14.5. The van der Waals surface area contributed by atoms with Crippen molar-refractivity contribution >= 4 is 23.7 Å². The molecule has 0 spiro atoms. The summed E-state index contributed by atoms with van der Waals surface area (Å²) < 4.78 is 5.11. The molecule has 3 aliphatic rings. The van der Waals surface area contributed by atoms with E-state index in [0.29, 0.717) is 42.8 Å². The maximum Gasteiger partial charge on any atom is 0.310 e. The van der Waals surface area contributed by atoms with E-state index in [2.05, 4.69) is 0 Å². The third kappa shape index (κ3) is 3.73. The SMILES string of the molecule is CCOC(=O)C1CCCN(C(=O)c2ccc3c(c2)C(=O)N(C2CCCCC2)C3=O)C1. The maximum absolute atomic E-state index is 13.1. The second-order valence-corrected chi connectivity index (χ2v) is 8.37. The highest BCUT2D eigenvalue weighted by Crippen LogP contribution is 2.32. The van der Waals surface area contributed by atoms with E-state index in [1.165, 1.54) is 4.90 Å². The van der Waals surface area contributed by atoms with Crippen LogP contribution >= 0.6 is 0 Å². The molecule has 1 aromatic rings. The molecule has 7 heteroatoms. The molecule has 1 unspecified atom stereocenters. The van der Waals surface area contributed by atoms with Crippen LogP contribution in [0.1, 0.15) is 82.9 Å². The van der Waals surface area contributed by atoms with Gasteiger partial charge in [0.15, 0.2) is 0 Å². The normalized spacial score (nSPS) is 22.2. The number of carbonyl (C=O) groups excluding carboxylic acids is 4. The van der Waals surface area contributed by atoms with Crippen molar-refractivity contribution in [3.63, 3.8) is 0 Å². The summed E-state index contributed by atoms with van der Waals surface area (Å²) in [6, 6.07) is 4.72. The number of amides is 3. The van der Waals surface area contributed by atoms with Crippen molar-refractivity contribution in [1.82, 2.24) is 9.80 Å². The van der Waals surface area contributed by atoms with Crippen LogP contribution in [-0.2, 0) is 9.53 Å². The van der Waals surface area contributed by atoms with Gasteiger partial charge in [0.05, 0.1) is 23.7 Å². The summed E-state index contributed by atoms with van der Waals surface area (Å²) in [5.41, 5.74) is 1.07. The Kier molecular flexibility index (Phi) is 5.88. The summed E-state index contributed by atoms with van der Waals surface area (Å²) in [5, 5.41) is 0. The highest BCUT2D eigenvalue weighted by molar-refractivity contribution is 6.22. The molecule has 1 saturated heterocycles. The standard InChI is InChI=1S/C23H28N2O5/c1-2-30-23(29)16-7-6-12-24(14-16)20(26)15-10-11-18-19(13-15)22(28)25(21(18)27)17-8-4-3-5-9-17/h10-11,13,16-17H,2-9,12,14H2,1H3. The van der Waals surface area contributed by atoms with Gasteiger partial charge in [-0.3, -0.25) is 24.1 Å². The molecule has 0 aromatic heterocycles. The maximum atomic E-state index is 13.1. The number of rotatable bonds is 4. The van der Waals surface area contributed by atoms with E-state index < -0.39 is 0 Å². The molecule has 2 aliphatic heterocycles. The van der Waals surface area contributed by atoms with Crippen molar-refractivity contribution in [3.8, 4) is 0 Å². The average Bonchev–Trinajstić information content (AvgIpc) is 3.03. The molecule has 2 fully saturated rings. The van der Waals surface area contributed by atoms with Crippen LogP contribution in [0.4, 0.5) is 0 Å². The number of esters is 1. The Labute approximate surface area is 176 Å². The van der Waals surface area contributed by atoms with Gasteiger partial charge in [-0.25, -0.2) is 0 Å². The van der Waals surface area contributed by atoms with Gasteiger partial charge in [0.25, 0.3) is 17.7 Å².